The minimum Gasteiger partial charge on any atom is -0.512 e. The van der Waals surface area contributed by atoms with Gasteiger partial charge in [-0.2, -0.15) is 0 Å². The van der Waals surface area contributed by atoms with Crippen LogP contribution in [0.25, 0.3) is 0 Å². The van der Waals surface area contributed by atoms with Crippen molar-refractivity contribution in [2.75, 3.05) is 0 Å². The molecule has 0 aliphatic heterocycles. The van der Waals surface area contributed by atoms with Crippen LogP contribution in [0.1, 0.15) is 13.8 Å². The molecule has 1 radical (unpaired) electrons. The molecule has 0 bridgehead atoms. The third-order valence-corrected chi connectivity index (χ3v) is 0.412. The van der Waals surface area contributed by atoms with Gasteiger partial charge in [0, 0.05) is 25.6 Å². The molecule has 4 nitrogen and oxygen atoms in total. The number of ketones is 1. The standard InChI is InChI=1S/C5H8O2.2CHO.Rh/c1-4(6)3-5(2)7;2*1-2;/h3,6H,1-2H3;2*1H;/q;2*+1;. The third-order valence-electron chi connectivity index (χ3n) is 0.412. The average Bonchev–Trinajstić information content (AvgIpc) is 1.93. The zero-order valence-electron chi connectivity index (χ0n) is 6.74. The van der Waals surface area contributed by atoms with E-state index < -0.39 is 0 Å². The van der Waals surface area contributed by atoms with Gasteiger partial charge in [-0.05, 0) is 13.8 Å². The molecule has 0 aliphatic rings. The molecule has 0 fully saturated rings. The van der Waals surface area contributed by atoms with E-state index in [-0.39, 0.29) is 31.0 Å². The number of aliphatic hydroxyl groups excluding tert-OH is 1. The zero-order valence-corrected chi connectivity index (χ0v) is 8.38. The first kappa shape index (κ1) is 22.5. The molecule has 0 atom stereocenters. The fourth-order valence-electron chi connectivity index (χ4n) is 0.294. The zero-order chi connectivity index (χ0) is 9.86. The Kier molecular flexibility index (Phi) is 42.1. The quantitative estimate of drug-likeness (QED) is 0.331. The molecule has 0 heterocycles. The van der Waals surface area contributed by atoms with Crippen LogP contribution in [0, 0.1) is 13.3 Å². The first-order valence-corrected chi connectivity index (χ1v) is 2.48. The number of aliphatic hydroxyl groups is 1. The normalized spacial score (nSPS) is 7.00. The van der Waals surface area contributed by atoms with E-state index in [2.05, 4.69) is 13.3 Å². The van der Waals surface area contributed by atoms with Gasteiger partial charge < -0.3 is 5.11 Å². The minimum atomic E-state index is -0.125. The number of allylic oxidation sites excluding steroid dienone is 2. The van der Waals surface area contributed by atoms with Crippen molar-refractivity contribution in [2.24, 2.45) is 0 Å². The maximum Gasteiger partial charge on any atom is 0.155 e. The summed E-state index contributed by atoms with van der Waals surface area (Å²) >= 11 is 0. The number of hydrogen-bond acceptors (Lipinski definition) is 2. The number of carbonyl (C=O) groups is 1. The Labute approximate surface area is 83.9 Å². The minimum absolute atomic E-state index is 0. The fraction of sp³-hybridized carbons (Fsp3) is 0.286. The number of rotatable bonds is 1. The summed E-state index contributed by atoms with van der Waals surface area (Å²) in [5.74, 6) is -0.0625. The van der Waals surface area contributed by atoms with Crippen molar-refractivity contribution in [2.45, 2.75) is 13.8 Å². The molecule has 0 aromatic heterocycles. The van der Waals surface area contributed by atoms with Gasteiger partial charge in [0.1, 0.15) is 0 Å². The van der Waals surface area contributed by atoms with Gasteiger partial charge in [-0.1, -0.05) is 0 Å². The second-order valence-electron chi connectivity index (χ2n) is 1.40. The van der Waals surface area contributed by atoms with E-state index in [1.807, 2.05) is 0 Å². The van der Waals surface area contributed by atoms with E-state index in [0.717, 1.165) is 0 Å². The Hall–Kier alpha value is -0.687. The topological polar surface area (TPSA) is 77.1 Å². The van der Waals surface area contributed by atoms with E-state index in [1.165, 1.54) is 19.9 Å². The molecule has 0 rings (SSSR count). The molecular weight excluding hydrogens is 251 g/mol. The van der Waals surface area contributed by atoms with Crippen molar-refractivity contribution in [3.05, 3.63) is 11.8 Å². The van der Waals surface area contributed by atoms with Crippen molar-refractivity contribution in [3.63, 3.8) is 0 Å². The average molecular weight is 261 g/mol. The molecule has 0 saturated carbocycles. The van der Waals surface area contributed by atoms with Gasteiger partial charge in [-0.15, -0.1) is 0 Å². The first-order valence-electron chi connectivity index (χ1n) is 2.48. The van der Waals surface area contributed by atoms with Crippen LogP contribution in [0.5, 0.6) is 0 Å². The van der Waals surface area contributed by atoms with Crippen LogP contribution in [-0.2, 0) is 33.6 Å². The second-order valence-corrected chi connectivity index (χ2v) is 1.40. The van der Waals surface area contributed by atoms with Crippen LogP contribution < -0.4 is 0 Å². The Bertz CT molecular complexity index is 159. The molecule has 5 heteroatoms. The van der Waals surface area contributed by atoms with Gasteiger partial charge in [0.2, 0.25) is 0 Å². The van der Waals surface area contributed by atoms with Crippen LogP contribution in [0.4, 0.5) is 0 Å². The molecule has 0 aliphatic carbocycles. The SMILES string of the molecule is C#[O+].C#[O+].CC(=O)C=C(C)O.[Rh]. The van der Waals surface area contributed by atoms with Crippen LogP contribution in [0.2, 0.25) is 0 Å². The monoisotopic (exact) mass is 261 g/mol. The summed E-state index contributed by atoms with van der Waals surface area (Å²) in [6.45, 7) is 9.35. The fourth-order valence-corrected chi connectivity index (χ4v) is 0.294. The summed E-state index contributed by atoms with van der Waals surface area (Å²) in [6.07, 6.45) is 1.17. The summed E-state index contributed by atoms with van der Waals surface area (Å²) < 4.78 is 15.5. The second kappa shape index (κ2) is 22.4. The smallest absolute Gasteiger partial charge is 0.155 e. The van der Waals surface area contributed by atoms with Crippen molar-refractivity contribution in [1.29, 1.82) is 0 Å². The Balaban J connectivity index is -0.0000000560. The number of hydrogen-bond donors (Lipinski definition) is 1. The van der Waals surface area contributed by atoms with Gasteiger partial charge in [-0.25, -0.2) is 0 Å². The van der Waals surface area contributed by atoms with Gasteiger partial charge in [0.15, 0.2) is 5.78 Å². The van der Waals surface area contributed by atoms with Crippen LogP contribution in [0.15, 0.2) is 11.8 Å². The van der Waals surface area contributed by atoms with Crippen molar-refractivity contribution in [3.8, 4) is 13.3 Å². The molecule has 0 saturated heterocycles. The number of carbonyl (C=O) groups excluding carboxylic acids is 1. The molecule has 0 spiro atoms. The van der Waals surface area contributed by atoms with Gasteiger partial charge >= 0.3 is 22.6 Å². The summed E-state index contributed by atoms with van der Waals surface area (Å²) in [6, 6.07) is 0. The maximum atomic E-state index is 10.0. The molecule has 12 heavy (non-hydrogen) atoms. The van der Waals surface area contributed by atoms with E-state index in [1.54, 1.807) is 0 Å². The van der Waals surface area contributed by atoms with E-state index in [0.29, 0.717) is 0 Å². The van der Waals surface area contributed by atoms with Crippen LogP contribution in [0.3, 0.4) is 0 Å². The Morgan fingerprint density at radius 3 is 1.50 bits per heavy atom. The maximum absolute atomic E-state index is 10.0. The summed E-state index contributed by atoms with van der Waals surface area (Å²) in [4.78, 5) is 10.0. The van der Waals surface area contributed by atoms with E-state index >= 15 is 0 Å². The summed E-state index contributed by atoms with van der Waals surface area (Å²) in [5.41, 5.74) is 0. The third kappa shape index (κ3) is 58.6. The predicted molar refractivity (Wildman–Crippen MR) is 38.3 cm³/mol. The van der Waals surface area contributed by atoms with Crippen molar-refractivity contribution < 1.29 is 38.7 Å². The van der Waals surface area contributed by atoms with Crippen molar-refractivity contribution >= 4 is 5.78 Å². The Morgan fingerprint density at radius 2 is 1.50 bits per heavy atom. The molecule has 1 N–H and O–H groups in total. The molecule has 69 valence electrons. The predicted octanol–water partition coefficient (Wildman–Crippen LogP) is 1.05. The molecule has 0 aromatic rings. The van der Waals surface area contributed by atoms with Crippen LogP contribution >= 0.6 is 0 Å². The molecule has 0 unspecified atom stereocenters. The van der Waals surface area contributed by atoms with Gasteiger partial charge in [-0.3, -0.25) is 4.79 Å². The summed E-state index contributed by atoms with van der Waals surface area (Å²) in [5, 5.41) is 8.36. The Morgan fingerprint density at radius 1 is 1.25 bits per heavy atom. The molecular formula is C7H10O4Rh+2. The van der Waals surface area contributed by atoms with Gasteiger partial charge in [0.05, 0.1) is 5.76 Å². The van der Waals surface area contributed by atoms with Crippen LogP contribution in [-0.4, -0.2) is 10.9 Å². The van der Waals surface area contributed by atoms with E-state index in [9.17, 15) is 4.79 Å². The largest absolute Gasteiger partial charge is 0.512 e. The first-order chi connectivity index (χ1) is 5.13. The van der Waals surface area contributed by atoms with Gasteiger partial charge in [0.25, 0.3) is 0 Å². The summed E-state index contributed by atoms with van der Waals surface area (Å²) in [7, 11) is 0. The van der Waals surface area contributed by atoms with Crippen molar-refractivity contribution in [1.82, 2.24) is 0 Å². The van der Waals surface area contributed by atoms with E-state index in [4.69, 9.17) is 14.4 Å². The molecule has 0 aromatic carbocycles. The molecule has 0 amide bonds.